The Labute approximate surface area is 101 Å². The van der Waals surface area contributed by atoms with Gasteiger partial charge in [-0.3, -0.25) is 0 Å². The Kier molecular flexibility index (Phi) is 5.77. The summed E-state index contributed by atoms with van der Waals surface area (Å²) in [6.07, 6.45) is -0.472. The lowest BCUT2D eigenvalue weighted by Gasteiger charge is -2.17. The molecule has 0 radical (unpaired) electrons. The highest BCUT2D eigenvalue weighted by Gasteiger charge is 2.08. The number of hydrogen-bond donors (Lipinski definition) is 2. The minimum atomic E-state index is -0.472. The van der Waals surface area contributed by atoms with Gasteiger partial charge in [0.2, 0.25) is 0 Å². The predicted octanol–water partition coefficient (Wildman–Crippen LogP) is 2.00. The molecule has 16 heavy (non-hydrogen) atoms. The number of methoxy groups -OCH3 is 1. The maximum Gasteiger partial charge on any atom is 0.0897 e. The second-order valence-electron chi connectivity index (χ2n) is 3.79. The third-order valence-electron chi connectivity index (χ3n) is 2.39. The first kappa shape index (κ1) is 13.5. The molecule has 0 saturated heterocycles. The smallest absolute Gasteiger partial charge is 0.0897 e. The van der Waals surface area contributed by atoms with Crippen molar-refractivity contribution in [3.05, 3.63) is 34.9 Å². The van der Waals surface area contributed by atoms with Crippen molar-refractivity contribution in [1.82, 2.24) is 5.32 Å². The molecular weight excluding hydrogens is 226 g/mol. The van der Waals surface area contributed by atoms with Crippen LogP contribution in [0.3, 0.4) is 0 Å². The van der Waals surface area contributed by atoms with Gasteiger partial charge in [0.05, 0.1) is 12.7 Å². The van der Waals surface area contributed by atoms with Crippen molar-refractivity contribution in [3.8, 4) is 0 Å². The largest absolute Gasteiger partial charge is 0.389 e. The van der Waals surface area contributed by atoms with Gasteiger partial charge in [-0.1, -0.05) is 23.7 Å². The van der Waals surface area contributed by atoms with Crippen LogP contribution in [0.5, 0.6) is 0 Å². The number of rotatable bonds is 6. The number of hydrogen-bond acceptors (Lipinski definition) is 3. The van der Waals surface area contributed by atoms with Crippen molar-refractivity contribution in [2.45, 2.75) is 19.1 Å². The molecule has 0 amide bonds. The van der Waals surface area contributed by atoms with E-state index in [9.17, 15) is 5.11 Å². The average molecular weight is 244 g/mol. The van der Waals surface area contributed by atoms with Gasteiger partial charge in [-0.25, -0.2) is 0 Å². The topological polar surface area (TPSA) is 41.5 Å². The zero-order valence-corrected chi connectivity index (χ0v) is 10.4. The molecule has 2 atom stereocenters. The SMILES string of the molecule is COCC(O)CNC(C)c1ccc(Cl)cc1. The van der Waals surface area contributed by atoms with Crippen LogP contribution < -0.4 is 5.32 Å². The highest BCUT2D eigenvalue weighted by molar-refractivity contribution is 6.30. The summed E-state index contributed by atoms with van der Waals surface area (Å²) in [5.41, 5.74) is 1.15. The minimum absolute atomic E-state index is 0.184. The molecule has 1 aromatic rings. The van der Waals surface area contributed by atoms with Crippen LogP contribution in [-0.2, 0) is 4.74 Å². The molecule has 0 heterocycles. The Morgan fingerprint density at radius 1 is 1.38 bits per heavy atom. The van der Waals surface area contributed by atoms with Gasteiger partial charge in [0, 0.05) is 24.7 Å². The summed E-state index contributed by atoms with van der Waals surface area (Å²) < 4.78 is 4.85. The van der Waals surface area contributed by atoms with Crippen LogP contribution in [0.4, 0.5) is 0 Å². The molecule has 3 nitrogen and oxygen atoms in total. The van der Waals surface area contributed by atoms with Crippen LogP contribution in [0, 0.1) is 0 Å². The summed E-state index contributed by atoms with van der Waals surface area (Å²) >= 11 is 5.81. The van der Waals surface area contributed by atoms with E-state index in [2.05, 4.69) is 5.32 Å². The molecule has 2 unspecified atom stereocenters. The maximum absolute atomic E-state index is 9.48. The summed E-state index contributed by atoms with van der Waals surface area (Å²) in [7, 11) is 1.58. The van der Waals surface area contributed by atoms with Crippen molar-refractivity contribution >= 4 is 11.6 Å². The van der Waals surface area contributed by atoms with E-state index in [1.165, 1.54) is 0 Å². The predicted molar refractivity (Wildman–Crippen MR) is 65.8 cm³/mol. The zero-order chi connectivity index (χ0) is 12.0. The molecule has 0 fully saturated rings. The molecule has 1 aromatic carbocycles. The van der Waals surface area contributed by atoms with E-state index in [0.717, 1.165) is 10.6 Å². The third-order valence-corrected chi connectivity index (χ3v) is 2.64. The standard InChI is InChI=1S/C12H18ClNO2/c1-9(14-7-12(15)8-16-2)10-3-5-11(13)6-4-10/h3-6,9,12,14-15H,7-8H2,1-2H3. The molecule has 2 N–H and O–H groups in total. The first-order valence-electron chi connectivity index (χ1n) is 5.29. The van der Waals surface area contributed by atoms with Gasteiger partial charge in [-0.15, -0.1) is 0 Å². The van der Waals surface area contributed by atoms with Gasteiger partial charge < -0.3 is 15.2 Å². The van der Waals surface area contributed by atoms with Crippen molar-refractivity contribution < 1.29 is 9.84 Å². The van der Waals surface area contributed by atoms with Crippen molar-refractivity contribution in [3.63, 3.8) is 0 Å². The molecule has 0 aromatic heterocycles. The van der Waals surface area contributed by atoms with Crippen LogP contribution in [0.15, 0.2) is 24.3 Å². The van der Waals surface area contributed by atoms with Crippen LogP contribution in [-0.4, -0.2) is 31.5 Å². The normalized spacial score (nSPS) is 14.8. The number of aliphatic hydroxyl groups excluding tert-OH is 1. The molecule has 0 bridgehead atoms. The Bertz CT molecular complexity index is 302. The number of halogens is 1. The fourth-order valence-electron chi connectivity index (χ4n) is 1.43. The second kappa shape index (κ2) is 6.86. The van der Waals surface area contributed by atoms with Crippen LogP contribution >= 0.6 is 11.6 Å². The molecule has 0 saturated carbocycles. The highest BCUT2D eigenvalue weighted by atomic mass is 35.5. The van der Waals surface area contributed by atoms with E-state index in [0.29, 0.717) is 13.2 Å². The Morgan fingerprint density at radius 3 is 2.56 bits per heavy atom. The van der Waals surface area contributed by atoms with E-state index < -0.39 is 6.10 Å². The zero-order valence-electron chi connectivity index (χ0n) is 9.61. The lowest BCUT2D eigenvalue weighted by molar-refractivity contribution is 0.0630. The average Bonchev–Trinajstić information content (AvgIpc) is 2.27. The van der Waals surface area contributed by atoms with E-state index >= 15 is 0 Å². The molecule has 0 aliphatic heterocycles. The minimum Gasteiger partial charge on any atom is -0.389 e. The maximum atomic E-state index is 9.48. The van der Waals surface area contributed by atoms with Crippen molar-refractivity contribution in [2.24, 2.45) is 0 Å². The molecule has 1 rings (SSSR count). The summed E-state index contributed by atoms with van der Waals surface area (Å²) in [5.74, 6) is 0. The molecule has 4 heteroatoms. The van der Waals surface area contributed by atoms with E-state index in [1.54, 1.807) is 7.11 Å². The lowest BCUT2D eigenvalue weighted by atomic mass is 10.1. The lowest BCUT2D eigenvalue weighted by Crippen LogP contribution is -2.31. The summed E-state index contributed by atoms with van der Waals surface area (Å²) in [4.78, 5) is 0. The van der Waals surface area contributed by atoms with Gasteiger partial charge in [0.1, 0.15) is 0 Å². The first-order chi connectivity index (χ1) is 7.63. The quantitative estimate of drug-likeness (QED) is 0.803. The van der Waals surface area contributed by atoms with Gasteiger partial charge in [0.25, 0.3) is 0 Å². The number of nitrogens with one attached hydrogen (secondary N) is 1. The van der Waals surface area contributed by atoms with Crippen molar-refractivity contribution in [1.29, 1.82) is 0 Å². The Hall–Kier alpha value is -0.610. The molecule has 0 spiro atoms. The first-order valence-corrected chi connectivity index (χ1v) is 5.67. The number of ether oxygens (including phenoxy) is 1. The summed E-state index contributed by atoms with van der Waals surface area (Å²) in [6, 6.07) is 7.86. The van der Waals surface area contributed by atoms with Crippen LogP contribution in [0.2, 0.25) is 5.02 Å². The van der Waals surface area contributed by atoms with Gasteiger partial charge in [-0.05, 0) is 24.6 Å². The molecule has 0 aliphatic carbocycles. The molecule has 0 aliphatic rings. The fourth-order valence-corrected chi connectivity index (χ4v) is 1.56. The van der Waals surface area contributed by atoms with Crippen molar-refractivity contribution in [2.75, 3.05) is 20.3 Å². The van der Waals surface area contributed by atoms with E-state index in [4.69, 9.17) is 16.3 Å². The van der Waals surface area contributed by atoms with Crippen LogP contribution in [0.25, 0.3) is 0 Å². The highest BCUT2D eigenvalue weighted by Crippen LogP contribution is 2.15. The Balaban J connectivity index is 2.40. The Morgan fingerprint density at radius 2 is 2.00 bits per heavy atom. The third kappa shape index (κ3) is 4.49. The molecule has 90 valence electrons. The molecular formula is C12H18ClNO2. The number of aliphatic hydroxyl groups is 1. The fraction of sp³-hybridized carbons (Fsp3) is 0.500. The monoisotopic (exact) mass is 243 g/mol. The van der Waals surface area contributed by atoms with Gasteiger partial charge in [0.15, 0.2) is 0 Å². The van der Waals surface area contributed by atoms with Crippen LogP contribution in [0.1, 0.15) is 18.5 Å². The summed E-state index contributed by atoms with van der Waals surface area (Å²) in [6.45, 7) is 2.90. The number of benzene rings is 1. The van der Waals surface area contributed by atoms with Gasteiger partial charge in [-0.2, -0.15) is 0 Å². The second-order valence-corrected chi connectivity index (χ2v) is 4.23. The van der Waals surface area contributed by atoms with E-state index in [-0.39, 0.29) is 6.04 Å². The van der Waals surface area contributed by atoms with Gasteiger partial charge >= 0.3 is 0 Å². The summed E-state index contributed by atoms with van der Waals surface area (Å²) in [5, 5.41) is 13.4. The van der Waals surface area contributed by atoms with E-state index in [1.807, 2.05) is 31.2 Å².